The highest BCUT2D eigenvalue weighted by molar-refractivity contribution is 5.86. The van der Waals surface area contributed by atoms with Crippen LogP contribution in [0.4, 0.5) is 17.6 Å². The van der Waals surface area contributed by atoms with Crippen molar-refractivity contribution >= 4 is 16.6 Å². The number of halogens is 4. The number of pyridine rings is 2. The summed E-state index contributed by atoms with van der Waals surface area (Å²) < 4.78 is 61.0. The van der Waals surface area contributed by atoms with Gasteiger partial charge >= 0.3 is 6.18 Å². The largest absolute Gasteiger partial charge is 0.408 e. The van der Waals surface area contributed by atoms with Gasteiger partial charge in [-0.1, -0.05) is 24.3 Å². The van der Waals surface area contributed by atoms with Crippen LogP contribution in [0, 0.1) is 5.82 Å². The van der Waals surface area contributed by atoms with Crippen LogP contribution in [-0.4, -0.2) is 59.6 Å². The Kier molecular flexibility index (Phi) is 5.46. The molecular formula is C25H22F4N8. The predicted octanol–water partition coefficient (Wildman–Crippen LogP) is 4.12. The smallest absolute Gasteiger partial charge is 0.326 e. The zero-order chi connectivity index (χ0) is 25.9. The van der Waals surface area contributed by atoms with Gasteiger partial charge in [0.05, 0.1) is 6.20 Å². The number of nitrogens with zero attached hydrogens (tertiary/aromatic N) is 7. The van der Waals surface area contributed by atoms with Crippen molar-refractivity contribution in [2.24, 2.45) is 12.8 Å². The topological polar surface area (TPSA) is 90.2 Å². The Bertz CT molecular complexity index is 1620. The third-order valence-corrected chi connectivity index (χ3v) is 6.72. The maximum Gasteiger partial charge on any atom is 0.408 e. The molecule has 0 amide bonds. The number of rotatable bonds is 4. The van der Waals surface area contributed by atoms with Crippen molar-refractivity contribution < 1.29 is 17.6 Å². The van der Waals surface area contributed by atoms with Gasteiger partial charge in [-0.3, -0.25) is 14.0 Å². The van der Waals surface area contributed by atoms with Crippen LogP contribution >= 0.6 is 0 Å². The number of aromatic nitrogens is 6. The van der Waals surface area contributed by atoms with Crippen LogP contribution in [0.5, 0.6) is 0 Å². The quantitative estimate of drug-likeness (QED) is 0.366. The third-order valence-electron chi connectivity index (χ3n) is 6.72. The highest BCUT2D eigenvalue weighted by Crippen LogP contribution is 2.39. The molecule has 2 atom stereocenters. The van der Waals surface area contributed by atoms with Crippen molar-refractivity contribution in [3.8, 4) is 22.6 Å². The number of fused-ring (bicyclic) bond motifs is 2. The number of aryl methyl sites for hydroxylation is 1. The molecule has 12 heteroatoms. The van der Waals surface area contributed by atoms with Crippen LogP contribution in [0.2, 0.25) is 0 Å². The highest BCUT2D eigenvalue weighted by atomic mass is 19.4. The average molecular weight is 510 g/mol. The molecule has 5 heterocycles. The van der Waals surface area contributed by atoms with E-state index in [0.29, 0.717) is 28.6 Å². The van der Waals surface area contributed by atoms with E-state index in [1.165, 1.54) is 27.6 Å². The maximum atomic E-state index is 15.5. The van der Waals surface area contributed by atoms with Gasteiger partial charge in [-0.25, -0.2) is 9.37 Å². The van der Waals surface area contributed by atoms with E-state index >= 15 is 4.39 Å². The van der Waals surface area contributed by atoms with E-state index < -0.39 is 18.0 Å². The van der Waals surface area contributed by atoms with Gasteiger partial charge in [0.25, 0.3) is 0 Å². The van der Waals surface area contributed by atoms with Crippen LogP contribution in [-0.2, 0) is 7.05 Å². The predicted molar refractivity (Wildman–Crippen MR) is 129 cm³/mol. The summed E-state index contributed by atoms with van der Waals surface area (Å²) in [4.78, 5) is 5.84. The van der Waals surface area contributed by atoms with E-state index in [0.717, 1.165) is 0 Å². The lowest BCUT2D eigenvalue weighted by atomic mass is 10.1. The van der Waals surface area contributed by atoms with Gasteiger partial charge in [-0.05, 0) is 24.1 Å². The Morgan fingerprint density at radius 1 is 1.05 bits per heavy atom. The molecule has 190 valence electrons. The summed E-state index contributed by atoms with van der Waals surface area (Å²) >= 11 is 0. The van der Waals surface area contributed by atoms with Crippen molar-refractivity contribution in [3.05, 3.63) is 66.4 Å². The Labute approximate surface area is 208 Å². The lowest BCUT2D eigenvalue weighted by Crippen LogP contribution is -2.38. The fourth-order valence-corrected chi connectivity index (χ4v) is 4.96. The van der Waals surface area contributed by atoms with E-state index in [4.69, 9.17) is 5.73 Å². The van der Waals surface area contributed by atoms with Crippen molar-refractivity contribution in [2.75, 3.05) is 13.1 Å². The molecule has 0 radical (unpaired) electrons. The molecule has 0 bridgehead atoms. The molecule has 1 fully saturated rings. The summed E-state index contributed by atoms with van der Waals surface area (Å²) in [5.41, 5.74) is 7.63. The second-order valence-corrected chi connectivity index (χ2v) is 9.30. The zero-order valence-corrected chi connectivity index (χ0v) is 19.7. The lowest BCUT2D eigenvalue weighted by molar-refractivity contribution is -0.183. The first-order chi connectivity index (χ1) is 17.7. The van der Waals surface area contributed by atoms with Gasteiger partial charge < -0.3 is 5.73 Å². The summed E-state index contributed by atoms with van der Waals surface area (Å²) in [6.07, 6.45) is 0.637. The number of benzene rings is 1. The molecule has 4 aromatic heterocycles. The second kappa shape index (κ2) is 8.60. The number of hydrogen-bond acceptors (Lipinski definition) is 6. The van der Waals surface area contributed by atoms with Gasteiger partial charge in [-0.15, -0.1) is 10.2 Å². The Balaban J connectivity index is 1.45. The van der Waals surface area contributed by atoms with Crippen molar-refractivity contribution in [3.63, 3.8) is 0 Å². The van der Waals surface area contributed by atoms with E-state index in [1.54, 1.807) is 48.4 Å². The molecule has 0 spiro atoms. The summed E-state index contributed by atoms with van der Waals surface area (Å²) in [6, 6.07) is 7.55. The summed E-state index contributed by atoms with van der Waals surface area (Å²) in [7, 11) is 1.74. The maximum absolute atomic E-state index is 15.5. The molecule has 0 saturated carbocycles. The van der Waals surface area contributed by atoms with Gasteiger partial charge in [0, 0.05) is 55.1 Å². The highest BCUT2D eigenvalue weighted by Gasteiger charge is 2.46. The molecular weight excluding hydrogens is 488 g/mol. The minimum Gasteiger partial charge on any atom is -0.326 e. The third kappa shape index (κ3) is 4.11. The Hall–Kier alpha value is -3.90. The normalized spacial score (nSPS) is 17.7. The molecule has 0 unspecified atom stereocenters. The van der Waals surface area contributed by atoms with Gasteiger partial charge in [0.15, 0.2) is 17.3 Å². The molecule has 2 N–H and O–H groups in total. The molecule has 1 aliphatic rings. The van der Waals surface area contributed by atoms with Crippen molar-refractivity contribution in [1.82, 2.24) is 34.3 Å². The molecule has 6 rings (SSSR count). The number of alkyl halides is 3. The fourth-order valence-electron chi connectivity index (χ4n) is 4.96. The summed E-state index contributed by atoms with van der Waals surface area (Å²) in [6.45, 7) is 0.408. The summed E-state index contributed by atoms with van der Waals surface area (Å²) in [5, 5.41) is 12.9. The van der Waals surface area contributed by atoms with E-state index in [-0.39, 0.29) is 41.7 Å². The molecule has 1 aromatic carbocycles. The fraction of sp³-hybridized carbons (Fsp3) is 0.280. The molecule has 1 aliphatic heterocycles. The second-order valence-electron chi connectivity index (χ2n) is 9.30. The van der Waals surface area contributed by atoms with Crippen LogP contribution in [0.15, 0.2) is 55.0 Å². The zero-order valence-electron chi connectivity index (χ0n) is 19.7. The molecule has 8 nitrogen and oxygen atoms in total. The first-order valence-corrected chi connectivity index (χ1v) is 11.7. The average Bonchev–Trinajstić information content (AvgIpc) is 3.58. The lowest BCUT2D eigenvalue weighted by Gasteiger charge is -2.30. The van der Waals surface area contributed by atoms with Gasteiger partial charge in [0.1, 0.15) is 17.3 Å². The minimum absolute atomic E-state index is 0.0426. The van der Waals surface area contributed by atoms with E-state index in [1.807, 2.05) is 0 Å². The van der Waals surface area contributed by atoms with E-state index in [2.05, 4.69) is 20.3 Å². The van der Waals surface area contributed by atoms with Crippen LogP contribution < -0.4 is 5.73 Å². The number of hydrogen-bond donors (Lipinski definition) is 1. The molecule has 1 saturated heterocycles. The molecule has 37 heavy (non-hydrogen) atoms. The SMILES string of the molecule is Cn1cc(-c2ccc3ccc(-c4nnc5ccc([C@@H](N6CC[C@H](N)C6)C(F)(F)F)cn45)nc3c2F)cn1. The molecule has 0 aliphatic carbocycles. The minimum atomic E-state index is -4.50. The van der Waals surface area contributed by atoms with Crippen LogP contribution in [0.25, 0.3) is 39.2 Å². The van der Waals surface area contributed by atoms with E-state index in [9.17, 15) is 13.2 Å². The Morgan fingerprint density at radius 2 is 1.86 bits per heavy atom. The van der Waals surface area contributed by atoms with Gasteiger partial charge in [0.2, 0.25) is 0 Å². The first kappa shape index (κ1) is 23.5. The monoisotopic (exact) mass is 510 g/mol. The first-order valence-electron chi connectivity index (χ1n) is 11.7. The molecule has 5 aromatic rings. The van der Waals surface area contributed by atoms with Crippen LogP contribution in [0.3, 0.4) is 0 Å². The van der Waals surface area contributed by atoms with Crippen molar-refractivity contribution in [1.29, 1.82) is 0 Å². The number of likely N-dealkylation sites (tertiary alicyclic amines) is 1. The summed E-state index contributed by atoms with van der Waals surface area (Å²) in [5.74, 6) is -0.312. The Morgan fingerprint density at radius 3 is 2.57 bits per heavy atom. The van der Waals surface area contributed by atoms with Gasteiger partial charge in [-0.2, -0.15) is 18.3 Å². The standard InChI is InChI=1S/C25H22F4N8/c1-35-11-16(10-31-35)18-5-2-14-3-6-19(32-22(14)21(18)26)24-34-33-20-7-4-15(12-37(20)24)23(25(27,28)29)36-9-8-17(30)13-36/h2-7,10-12,17,23H,8-9,13,30H2,1H3/t17-,23+/m0/s1. The van der Waals surface area contributed by atoms with Crippen molar-refractivity contribution in [2.45, 2.75) is 24.7 Å². The van der Waals surface area contributed by atoms with Crippen LogP contribution in [0.1, 0.15) is 18.0 Å². The number of nitrogens with two attached hydrogens (primary N) is 1.